The second-order valence-corrected chi connectivity index (χ2v) is 5.82. The lowest BCUT2D eigenvalue weighted by Gasteiger charge is -2.00. The van der Waals surface area contributed by atoms with Crippen LogP contribution in [-0.2, 0) is 0 Å². The van der Waals surface area contributed by atoms with E-state index in [4.69, 9.17) is 0 Å². The molecule has 94 valence electrons. The maximum absolute atomic E-state index is 2.23. The van der Waals surface area contributed by atoms with Gasteiger partial charge in [0, 0.05) is 9.75 Å². The molecular formula is C18H16S. The van der Waals surface area contributed by atoms with Crippen molar-refractivity contribution in [3.05, 3.63) is 77.2 Å². The van der Waals surface area contributed by atoms with Gasteiger partial charge in [0.05, 0.1) is 0 Å². The highest BCUT2D eigenvalue weighted by molar-refractivity contribution is 7.16. The Morgan fingerprint density at radius 1 is 0.842 bits per heavy atom. The summed E-state index contributed by atoms with van der Waals surface area (Å²) in [7, 11) is 0. The molecule has 0 bridgehead atoms. The lowest BCUT2D eigenvalue weighted by Crippen LogP contribution is -1.75. The van der Waals surface area contributed by atoms with Gasteiger partial charge in [-0.3, -0.25) is 0 Å². The Kier molecular flexibility index (Phi) is 3.47. The van der Waals surface area contributed by atoms with E-state index in [1.54, 1.807) is 0 Å². The molecule has 0 fully saturated rings. The summed E-state index contributed by atoms with van der Waals surface area (Å²) < 4.78 is 0. The monoisotopic (exact) mass is 264 g/mol. The summed E-state index contributed by atoms with van der Waals surface area (Å²) in [6.07, 6.45) is 11.7. The van der Waals surface area contributed by atoms with E-state index in [0.29, 0.717) is 0 Å². The Labute approximate surface area is 118 Å². The molecule has 3 rings (SSSR count). The van der Waals surface area contributed by atoms with E-state index in [1.807, 2.05) is 11.3 Å². The first-order valence-corrected chi connectivity index (χ1v) is 7.34. The number of allylic oxidation sites excluding steroid dienone is 6. The van der Waals surface area contributed by atoms with Gasteiger partial charge in [-0.05, 0) is 36.6 Å². The van der Waals surface area contributed by atoms with E-state index in [1.165, 1.54) is 26.5 Å². The van der Waals surface area contributed by atoms with Crippen LogP contribution in [0.5, 0.6) is 0 Å². The molecule has 1 aromatic carbocycles. The average molecular weight is 264 g/mol. The smallest absolute Gasteiger partial charge is 0.0349 e. The zero-order chi connectivity index (χ0) is 13.1. The van der Waals surface area contributed by atoms with Gasteiger partial charge in [0.1, 0.15) is 0 Å². The van der Waals surface area contributed by atoms with Crippen molar-refractivity contribution in [1.82, 2.24) is 0 Å². The van der Waals surface area contributed by atoms with Crippen molar-refractivity contribution < 1.29 is 0 Å². The van der Waals surface area contributed by atoms with Gasteiger partial charge in [0.25, 0.3) is 0 Å². The van der Waals surface area contributed by atoms with Crippen LogP contribution in [0.25, 0.3) is 16.0 Å². The molecule has 2 aromatic rings. The zero-order valence-corrected chi connectivity index (χ0v) is 11.8. The number of hydrogen-bond acceptors (Lipinski definition) is 1. The van der Waals surface area contributed by atoms with E-state index in [9.17, 15) is 0 Å². The van der Waals surface area contributed by atoms with E-state index in [-0.39, 0.29) is 0 Å². The molecule has 1 heterocycles. The van der Waals surface area contributed by atoms with Crippen LogP contribution in [0.2, 0.25) is 0 Å². The summed E-state index contributed by atoms with van der Waals surface area (Å²) in [6, 6.07) is 13.2. The van der Waals surface area contributed by atoms with Crippen molar-refractivity contribution in [1.29, 1.82) is 0 Å². The lowest BCUT2D eigenvalue weighted by atomic mass is 10.1. The molecule has 0 saturated heterocycles. The van der Waals surface area contributed by atoms with Crippen LogP contribution in [0.1, 0.15) is 16.9 Å². The first-order valence-electron chi connectivity index (χ1n) is 6.52. The number of benzene rings is 1. The minimum Gasteiger partial charge on any atom is -0.136 e. The van der Waals surface area contributed by atoms with Gasteiger partial charge in [-0.15, -0.1) is 11.3 Å². The fourth-order valence-corrected chi connectivity index (χ4v) is 3.19. The fraction of sp³-hybridized carbons (Fsp3) is 0.111. The van der Waals surface area contributed by atoms with Crippen LogP contribution in [-0.4, -0.2) is 0 Å². The van der Waals surface area contributed by atoms with E-state index >= 15 is 0 Å². The third-order valence-electron chi connectivity index (χ3n) is 3.25. The van der Waals surface area contributed by atoms with Crippen molar-refractivity contribution in [2.75, 3.05) is 0 Å². The van der Waals surface area contributed by atoms with Crippen molar-refractivity contribution >= 4 is 16.9 Å². The van der Waals surface area contributed by atoms with Gasteiger partial charge in [-0.25, -0.2) is 0 Å². The third-order valence-corrected chi connectivity index (χ3v) is 4.46. The van der Waals surface area contributed by atoms with Gasteiger partial charge in [-0.2, -0.15) is 0 Å². The Hall–Kier alpha value is -1.86. The summed E-state index contributed by atoms with van der Waals surface area (Å²) >= 11 is 1.87. The lowest BCUT2D eigenvalue weighted by molar-refractivity contribution is 1.43. The van der Waals surface area contributed by atoms with E-state index in [0.717, 1.165) is 6.42 Å². The minimum absolute atomic E-state index is 1.01. The van der Waals surface area contributed by atoms with Crippen LogP contribution >= 0.6 is 11.3 Å². The normalized spacial score (nSPS) is 14.3. The van der Waals surface area contributed by atoms with Crippen LogP contribution in [0.4, 0.5) is 0 Å². The molecule has 0 N–H and O–H groups in total. The second-order valence-electron chi connectivity index (χ2n) is 4.74. The molecular weight excluding hydrogens is 248 g/mol. The van der Waals surface area contributed by atoms with Crippen LogP contribution in [0.3, 0.4) is 0 Å². The summed E-state index contributed by atoms with van der Waals surface area (Å²) in [5.41, 5.74) is 4.01. The highest BCUT2D eigenvalue weighted by Gasteiger charge is 2.06. The van der Waals surface area contributed by atoms with Gasteiger partial charge in [0.2, 0.25) is 0 Å². The first kappa shape index (κ1) is 12.2. The Balaban J connectivity index is 1.91. The van der Waals surface area contributed by atoms with Gasteiger partial charge in [-0.1, -0.05) is 60.2 Å². The maximum Gasteiger partial charge on any atom is 0.0349 e. The molecule has 1 aliphatic rings. The predicted molar refractivity (Wildman–Crippen MR) is 85.4 cm³/mol. The Bertz CT molecular complexity index is 651. The van der Waals surface area contributed by atoms with Crippen molar-refractivity contribution in [2.24, 2.45) is 0 Å². The highest BCUT2D eigenvalue weighted by atomic mass is 32.1. The standard InChI is InChI=1S/C18H16S/c1-14-8-10-16(11-9-14)18-13-12-17(19-18)15-6-4-2-3-5-7-15/h2-6,8-13H,7H2,1H3. The van der Waals surface area contributed by atoms with Crippen molar-refractivity contribution in [3.8, 4) is 10.4 Å². The second kappa shape index (κ2) is 5.41. The molecule has 0 aliphatic heterocycles. The molecule has 0 unspecified atom stereocenters. The van der Waals surface area contributed by atoms with Gasteiger partial charge < -0.3 is 0 Å². The first-order chi connectivity index (χ1) is 9.33. The Morgan fingerprint density at radius 3 is 2.47 bits per heavy atom. The molecule has 0 amide bonds. The predicted octanol–water partition coefficient (Wildman–Crippen LogP) is 5.62. The summed E-state index contributed by atoms with van der Waals surface area (Å²) in [5.74, 6) is 0. The van der Waals surface area contributed by atoms with Crippen LogP contribution < -0.4 is 0 Å². The summed E-state index contributed by atoms with van der Waals surface area (Å²) in [5, 5.41) is 0. The molecule has 1 aliphatic carbocycles. The van der Waals surface area contributed by atoms with Crippen LogP contribution in [0, 0.1) is 6.92 Å². The number of thiophene rings is 1. The average Bonchev–Trinajstić information content (AvgIpc) is 2.76. The summed E-state index contributed by atoms with van der Waals surface area (Å²) in [4.78, 5) is 2.71. The number of rotatable bonds is 2. The quantitative estimate of drug-likeness (QED) is 0.660. The maximum atomic E-state index is 2.23. The SMILES string of the molecule is Cc1ccc(-c2ccc(C3=CC=CC=CC3)s2)cc1. The third kappa shape index (κ3) is 2.77. The van der Waals surface area contributed by atoms with Crippen LogP contribution in [0.15, 0.2) is 66.8 Å². The molecule has 0 saturated carbocycles. The molecule has 0 spiro atoms. The topological polar surface area (TPSA) is 0 Å². The van der Waals surface area contributed by atoms with Gasteiger partial charge >= 0.3 is 0 Å². The summed E-state index contributed by atoms with van der Waals surface area (Å²) in [6.45, 7) is 2.12. The molecule has 0 nitrogen and oxygen atoms in total. The van der Waals surface area contributed by atoms with E-state index in [2.05, 4.69) is 73.7 Å². The molecule has 0 atom stereocenters. The van der Waals surface area contributed by atoms with E-state index < -0.39 is 0 Å². The van der Waals surface area contributed by atoms with Crippen molar-refractivity contribution in [2.45, 2.75) is 13.3 Å². The highest BCUT2D eigenvalue weighted by Crippen LogP contribution is 2.33. The Morgan fingerprint density at radius 2 is 1.63 bits per heavy atom. The molecule has 1 heteroatoms. The van der Waals surface area contributed by atoms with Gasteiger partial charge in [0.15, 0.2) is 0 Å². The molecule has 19 heavy (non-hydrogen) atoms. The fourth-order valence-electron chi connectivity index (χ4n) is 2.14. The largest absolute Gasteiger partial charge is 0.136 e. The number of aryl methyl sites for hydroxylation is 1. The zero-order valence-electron chi connectivity index (χ0n) is 11.0. The molecule has 0 radical (unpaired) electrons. The molecule has 1 aromatic heterocycles. The minimum atomic E-state index is 1.01. The number of hydrogen-bond donors (Lipinski definition) is 0. The van der Waals surface area contributed by atoms with Crippen molar-refractivity contribution in [3.63, 3.8) is 0 Å².